The number of aryl methyl sites for hydroxylation is 1. The van der Waals surface area contributed by atoms with E-state index >= 15 is 0 Å². The molecule has 0 saturated carbocycles. The van der Waals surface area contributed by atoms with Gasteiger partial charge in [-0.3, -0.25) is 0 Å². The topological polar surface area (TPSA) is 39.1 Å². The normalized spacial score (nSPS) is 12.5. The molecule has 0 saturated heterocycles. The van der Waals surface area contributed by atoms with E-state index in [1.807, 2.05) is 20.2 Å². The average Bonchev–Trinajstić information content (AvgIpc) is 2.93. The Morgan fingerprint density at radius 3 is 2.70 bits per heavy atom. The molecule has 1 aromatic carbocycles. The van der Waals surface area contributed by atoms with E-state index in [-0.39, 0.29) is 0 Å². The number of methoxy groups -OCH3 is 1. The second-order valence-corrected chi connectivity index (χ2v) is 5.76. The molecule has 1 N–H and O–H groups in total. The summed E-state index contributed by atoms with van der Waals surface area (Å²) in [5.74, 6) is 1.20. The van der Waals surface area contributed by atoms with Gasteiger partial charge in [0.15, 0.2) is 0 Å². The van der Waals surface area contributed by atoms with Crippen LogP contribution in [-0.4, -0.2) is 30.3 Å². The predicted octanol–water partition coefficient (Wildman–Crippen LogP) is 3.32. The Morgan fingerprint density at radius 2 is 2.00 bits per heavy atom. The first-order valence-electron chi connectivity index (χ1n) is 7.93. The van der Waals surface area contributed by atoms with Gasteiger partial charge in [-0.15, -0.1) is 0 Å². The average molecular weight is 309 g/mol. The first-order valence-corrected chi connectivity index (χ1v) is 7.93. The van der Waals surface area contributed by atoms with Crippen LogP contribution in [0.4, 0.5) is 0 Å². The molecule has 4 nitrogen and oxygen atoms in total. The molecule has 2 heterocycles. The van der Waals surface area contributed by atoms with Crippen molar-refractivity contribution in [3.05, 3.63) is 59.9 Å². The summed E-state index contributed by atoms with van der Waals surface area (Å²) in [4.78, 5) is 4.53. The summed E-state index contributed by atoms with van der Waals surface area (Å²) in [6, 6.07) is 12.6. The smallest absolute Gasteiger partial charge is 0.143 e. The molecule has 0 bridgehead atoms. The fraction of sp³-hybridized carbons (Fsp3) is 0.316. The molecule has 0 radical (unpaired) electrons. The van der Waals surface area contributed by atoms with Crippen LogP contribution in [0.25, 0.3) is 11.0 Å². The standard InChI is InChI=1S/C19H23N3O/c1-20-11-9-15(14-7-5-4-6-8-14)16-13-22(2)19-18(16)17(23-3)10-12-21-19/h4-8,10,12-13,15,20H,9,11H2,1-3H3. The van der Waals surface area contributed by atoms with Gasteiger partial charge in [0, 0.05) is 25.4 Å². The second kappa shape index (κ2) is 6.84. The zero-order valence-corrected chi connectivity index (χ0v) is 13.9. The monoisotopic (exact) mass is 309 g/mol. The van der Waals surface area contributed by atoms with Gasteiger partial charge in [-0.1, -0.05) is 30.3 Å². The summed E-state index contributed by atoms with van der Waals surface area (Å²) in [7, 11) is 5.75. The maximum atomic E-state index is 5.60. The van der Waals surface area contributed by atoms with E-state index in [1.54, 1.807) is 13.3 Å². The maximum absolute atomic E-state index is 5.60. The highest BCUT2D eigenvalue weighted by atomic mass is 16.5. The number of hydrogen-bond donors (Lipinski definition) is 1. The van der Waals surface area contributed by atoms with Gasteiger partial charge in [0.2, 0.25) is 0 Å². The van der Waals surface area contributed by atoms with Crippen LogP contribution < -0.4 is 10.1 Å². The Balaban J connectivity index is 2.18. The van der Waals surface area contributed by atoms with Gasteiger partial charge in [0.1, 0.15) is 11.4 Å². The Labute approximate surface area is 137 Å². The van der Waals surface area contributed by atoms with Crippen LogP contribution in [0.3, 0.4) is 0 Å². The SMILES string of the molecule is CNCCC(c1ccccc1)c1cn(C)c2nccc(OC)c12. The highest BCUT2D eigenvalue weighted by Crippen LogP contribution is 2.37. The van der Waals surface area contributed by atoms with Crippen LogP contribution in [0.15, 0.2) is 48.8 Å². The Kier molecular flexibility index (Phi) is 4.63. The Morgan fingerprint density at radius 1 is 1.22 bits per heavy atom. The van der Waals surface area contributed by atoms with Crippen molar-refractivity contribution in [3.63, 3.8) is 0 Å². The van der Waals surface area contributed by atoms with Crippen molar-refractivity contribution < 1.29 is 4.74 Å². The van der Waals surface area contributed by atoms with E-state index in [2.05, 4.69) is 51.4 Å². The van der Waals surface area contributed by atoms with Gasteiger partial charge in [0.25, 0.3) is 0 Å². The molecule has 0 amide bonds. The van der Waals surface area contributed by atoms with Crippen LogP contribution in [0.2, 0.25) is 0 Å². The van der Waals surface area contributed by atoms with Crippen LogP contribution >= 0.6 is 0 Å². The van der Waals surface area contributed by atoms with E-state index in [0.717, 1.165) is 29.7 Å². The molecule has 0 aliphatic heterocycles. The first kappa shape index (κ1) is 15.6. The lowest BCUT2D eigenvalue weighted by Crippen LogP contribution is -2.13. The van der Waals surface area contributed by atoms with E-state index in [1.165, 1.54) is 11.1 Å². The number of fused-ring (bicyclic) bond motifs is 1. The fourth-order valence-corrected chi connectivity index (χ4v) is 3.22. The summed E-state index contributed by atoms with van der Waals surface area (Å²) in [6.45, 7) is 0.957. The van der Waals surface area contributed by atoms with Crippen LogP contribution in [-0.2, 0) is 7.05 Å². The summed E-state index contributed by atoms with van der Waals surface area (Å²) in [5, 5.41) is 4.38. The summed E-state index contributed by atoms with van der Waals surface area (Å²) in [5.41, 5.74) is 3.56. The van der Waals surface area contributed by atoms with Gasteiger partial charge in [-0.25, -0.2) is 4.98 Å². The number of rotatable bonds is 6. The highest BCUT2D eigenvalue weighted by Gasteiger charge is 2.21. The van der Waals surface area contributed by atoms with E-state index in [0.29, 0.717) is 5.92 Å². The molecule has 0 spiro atoms. The molecule has 3 rings (SSSR count). The van der Waals surface area contributed by atoms with Gasteiger partial charge in [-0.05, 0) is 37.2 Å². The number of hydrogen-bond acceptors (Lipinski definition) is 3. The van der Waals surface area contributed by atoms with Crippen molar-refractivity contribution in [2.75, 3.05) is 20.7 Å². The minimum Gasteiger partial charge on any atom is -0.496 e. The molecular weight excluding hydrogens is 286 g/mol. The van der Waals surface area contributed by atoms with Crippen LogP contribution in [0.5, 0.6) is 5.75 Å². The lowest BCUT2D eigenvalue weighted by Gasteiger charge is -2.17. The second-order valence-electron chi connectivity index (χ2n) is 5.76. The number of benzene rings is 1. The quantitative estimate of drug-likeness (QED) is 0.759. The third-order valence-corrected chi connectivity index (χ3v) is 4.33. The summed E-state index contributed by atoms with van der Waals surface area (Å²) < 4.78 is 7.69. The summed E-state index contributed by atoms with van der Waals surface area (Å²) in [6.07, 6.45) is 5.02. The summed E-state index contributed by atoms with van der Waals surface area (Å²) >= 11 is 0. The third kappa shape index (κ3) is 2.94. The zero-order chi connectivity index (χ0) is 16.2. The lowest BCUT2D eigenvalue weighted by molar-refractivity contribution is 0.419. The fourth-order valence-electron chi connectivity index (χ4n) is 3.22. The highest BCUT2D eigenvalue weighted by molar-refractivity contribution is 5.88. The van der Waals surface area contributed by atoms with Gasteiger partial charge in [0.05, 0.1) is 12.5 Å². The van der Waals surface area contributed by atoms with Crippen molar-refractivity contribution >= 4 is 11.0 Å². The molecule has 120 valence electrons. The minimum atomic E-state index is 0.311. The van der Waals surface area contributed by atoms with Crippen molar-refractivity contribution in [1.82, 2.24) is 14.9 Å². The molecule has 1 unspecified atom stereocenters. The largest absolute Gasteiger partial charge is 0.496 e. The van der Waals surface area contributed by atoms with Crippen LogP contribution in [0, 0.1) is 0 Å². The Hall–Kier alpha value is -2.33. The lowest BCUT2D eigenvalue weighted by atomic mass is 9.88. The third-order valence-electron chi connectivity index (χ3n) is 4.33. The van der Waals surface area contributed by atoms with E-state index < -0.39 is 0 Å². The maximum Gasteiger partial charge on any atom is 0.143 e. The number of nitrogens with zero attached hydrogens (tertiary/aromatic N) is 2. The minimum absolute atomic E-state index is 0.311. The zero-order valence-electron chi connectivity index (χ0n) is 13.9. The molecule has 4 heteroatoms. The van der Waals surface area contributed by atoms with Crippen molar-refractivity contribution in [1.29, 1.82) is 0 Å². The van der Waals surface area contributed by atoms with E-state index in [9.17, 15) is 0 Å². The van der Waals surface area contributed by atoms with Gasteiger partial charge in [-0.2, -0.15) is 0 Å². The van der Waals surface area contributed by atoms with Gasteiger partial charge >= 0.3 is 0 Å². The number of nitrogens with one attached hydrogen (secondary N) is 1. The molecule has 1 atom stereocenters. The molecular formula is C19H23N3O. The molecule has 0 fully saturated rings. The number of pyridine rings is 1. The molecule has 2 aromatic heterocycles. The molecule has 3 aromatic rings. The van der Waals surface area contributed by atoms with Crippen molar-refractivity contribution in [2.24, 2.45) is 7.05 Å². The first-order chi connectivity index (χ1) is 11.3. The molecule has 0 aliphatic carbocycles. The number of aromatic nitrogens is 2. The molecule has 23 heavy (non-hydrogen) atoms. The Bertz CT molecular complexity index is 780. The van der Waals surface area contributed by atoms with Crippen molar-refractivity contribution in [3.8, 4) is 5.75 Å². The van der Waals surface area contributed by atoms with Gasteiger partial charge < -0.3 is 14.6 Å². The van der Waals surface area contributed by atoms with Crippen LogP contribution in [0.1, 0.15) is 23.5 Å². The number of ether oxygens (including phenoxy) is 1. The predicted molar refractivity (Wildman–Crippen MR) is 94.1 cm³/mol. The van der Waals surface area contributed by atoms with Crippen molar-refractivity contribution in [2.45, 2.75) is 12.3 Å². The van der Waals surface area contributed by atoms with E-state index in [4.69, 9.17) is 4.74 Å². The molecule has 0 aliphatic rings.